The minimum Gasteiger partial charge on any atom is -0.305 e. The van der Waals surface area contributed by atoms with Crippen molar-refractivity contribution in [3.8, 4) is 0 Å². The van der Waals surface area contributed by atoms with Crippen LogP contribution in [0.2, 0.25) is 0 Å². The molecule has 2 nitrogen and oxygen atoms in total. The van der Waals surface area contributed by atoms with Gasteiger partial charge in [0.15, 0.2) is 0 Å². The second-order valence-electron chi connectivity index (χ2n) is 2.30. The minimum absolute atomic E-state index is 0.0778. The van der Waals surface area contributed by atoms with Crippen LogP contribution >= 0.6 is 0 Å². The Balaban J connectivity index is 2.37. The molecule has 0 saturated heterocycles. The monoisotopic (exact) mass is 148 g/mol. The van der Waals surface area contributed by atoms with Crippen molar-refractivity contribution in [3.63, 3.8) is 0 Å². The van der Waals surface area contributed by atoms with Crippen LogP contribution in [-0.2, 0) is 0 Å². The lowest BCUT2D eigenvalue weighted by Crippen LogP contribution is -2.27. The third kappa shape index (κ3) is 1.43. The Morgan fingerprint density at radius 2 is 2.50 bits per heavy atom. The zero-order valence-corrected chi connectivity index (χ0v) is 5.80. The van der Waals surface area contributed by atoms with Gasteiger partial charge in [-0.2, -0.15) is 8.78 Å². The van der Waals surface area contributed by atoms with E-state index in [9.17, 15) is 8.78 Å². The fraction of sp³-hybridized carbons (Fsp3) is 0.833. The van der Waals surface area contributed by atoms with Gasteiger partial charge in [-0.15, -0.1) is 0 Å². The van der Waals surface area contributed by atoms with Gasteiger partial charge in [-0.3, -0.25) is 4.99 Å². The maximum Gasteiger partial charge on any atom is 0.316 e. The van der Waals surface area contributed by atoms with Crippen molar-refractivity contribution in [1.82, 2.24) is 4.90 Å². The molecule has 1 aliphatic rings. The van der Waals surface area contributed by atoms with Crippen molar-refractivity contribution in [2.24, 2.45) is 4.99 Å². The highest BCUT2D eigenvalue weighted by molar-refractivity contribution is 5.57. The van der Waals surface area contributed by atoms with Crippen LogP contribution in [0.25, 0.3) is 0 Å². The van der Waals surface area contributed by atoms with E-state index in [0.717, 1.165) is 11.3 Å². The molecule has 0 aromatic carbocycles. The molecule has 1 unspecified atom stereocenters. The molecule has 0 aromatic heterocycles. The van der Waals surface area contributed by atoms with Crippen molar-refractivity contribution in [3.05, 3.63) is 0 Å². The number of halogens is 2. The first-order valence-electron chi connectivity index (χ1n) is 3.31. The molecule has 1 atom stereocenters. The average Bonchev–Trinajstić information content (AvgIpc) is 2.34. The molecule has 1 heterocycles. The number of nitrogens with zero attached hydrogens (tertiary/aromatic N) is 2. The number of rotatable bonds is 2. The first kappa shape index (κ1) is 7.44. The summed E-state index contributed by atoms with van der Waals surface area (Å²) in [5.41, 5.74) is 0. The molecule has 0 radical (unpaired) electrons. The maximum absolute atomic E-state index is 11.9. The topological polar surface area (TPSA) is 15.6 Å². The molecule has 58 valence electrons. The van der Waals surface area contributed by atoms with E-state index in [2.05, 4.69) is 4.99 Å². The number of hydrogen-bond donors (Lipinski definition) is 0. The van der Waals surface area contributed by atoms with Gasteiger partial charge in [0.1, 0.15) is 0 Å². The van der Waals surface area contributed by atoms with Crippen LogP contribution in [0.5, 0.6) is 0 Å². The fourth-order valence-electron chi connectivity index (χ4n) is 0.882. The van der Waals surface area contributed by atoms with Crippen LogP contribution in [0.1, 0.15) is 13.3 Å². The Labute approximate surface area is 58.5 Å². The molecule has 0 aromatic rings. The second-order valence-corrected chi connectivity index (χ2v) is 2.30. The normalized spacial score (nSPS) is 24.8. The second kappa shape index (κ2) is 2.94. The number of alkyl halides is 2. The number of aliphatic imine (C=N–C) groups is 1. The van der Waals surface area contributed by atoms with E-state index in [-0.39, 0.29) is 6.04 Å². The molecule has 0 bridgehead atoms. The highest BCUT2D eigenvalue weighted by atomic mass is 19.3. The van der Waals surface area contributed by atoms with Gasteiger partial charge in [0.25, 0.3) is 0 Å². The lowest BCUT2D eigenvalue weighted by Gasteiger charge is -2.13. The zero-order valence-electron chi connectivity index (χ0n) is 5.80. The summed E-state index contributed by atoms with van der Waals surface area (Å²) < 4.78 is 23.8. The number of hydrogen-bond acceptors (Lipinski definition) is 2. The van der Waals surface area contributed by atoms with Crippen molar-refractivity contribution in [1.29, 1.82) is 0 Å². The third-order valence-electron chi connectivity index (χ3n) is 1.57. The molecule has 0 amide bonds. The van der Waals surface area contributed by atoms with Crippen LogP contribution in [0, 0.1) is 0 Å². The van der Waals surface area contributed by atoms with Crippen LogP contribution in [0.15, 0.2) is 4.99 Å². The lowest BCUT2D eigenvalue weighted by molar-refractivity contribution is 0.0280. The molecule has 4 heteroatoms. The van der Waals surface area contributed by atoms with Gasteiger partial charge in [-0.1, -0.05) is 6.92 Å². The van der Waals surface area contributed by atoms with Crippen molar-refractivity contribution in [2.75, 3.05) is 6.54 Å². The Hall–Kier alpha value is -0.670. The third-order valence-corrected chi connectivity index (χ3v) is 1.57. The van der Waals surface area contributed by atoms with E-state index >= 15 is 0 Å². The molecule has 0 N–H and O–H groups in total. The van der Waals surface area contributed by atoms with Crippen molar-refractivity contribution in [2.45, 2.75) is 25.9 Å². The smallest absolute Gasteiger partial charge is 0.305 e. The maximum atomic E-state index is 11.9. The van der Waals surface area contributed by atoms with Crippen LogP contribution in [0.4, 0.5) is 8.78 Å². The van der Waals surface area contributed by atoms with E-state index in [1.807, 2.05) is 6.92 Å². The largest absolute Gasteiger partial charge is 0.316 e. The highest BCUT2D eigenvalue weighted by Gasteiger charge is 2.21. The molecule has 1 rings (SSSR count). The van der Waals surface area contributed by atoms with Crippen LogP contribution in [-0.4, -0.2) is 30.4 Å². The summed E-state index contributed by atoms with van der Waals surface area (Å²) in [5.74, 6) is 0. The predicted molar refractivity (Wildman–Crippen MR) is 35.3 cm³/mol. The minimum atomic E-state index is -2.39. The fourth-order valence-corrected chi connectivity index (χ4v) is 0.882. The first-order chi connectivity index (χ1) is 4.74. The van der Waals surface area contributed by atoms with Gasteiger partial charge in [-0.05, 0) is 6.42 Å². The van der Waals surface area contributed by atoms with Gasteiger partial charge < -0.3 is 4.90 Å². The van der Waals surface area contributed by atoms with E-state index in [1.54, 1.807) is 0 Å². The summed E-state index contributed by atoms with van der Waals surface area (Å²) in [7, 11) is 0. The molecule has 10 heavy (non-hydrogen) atoms. The van der Waals surface area contributed by atoms with E-state index in [4.69, 9.17) is 0 Å². The van der Waals surface area contributed by atoms with E-state index < -0.39 is 6.55 Å². The van der Waals surface area contributed by atoms with Gasteiger partial charge in [0.2, 0.25) is 0 Å². The Morgan fingerprint density at radius 1 is 1.80 bits per heavy atom. The summed E-state index contributed by atoms with van der Waals surface area (Å²) in [6, 6.07) is 0.0778. The summed E-state index contributed by atoms with van der Waals surface area (Å²) in [6.45, 7) is -0.0780. The SMILES string of the molecule is CCC1CN(C(F)F)C=N1. The van der Waals surface area contributed by atoms with Gasteiger partial charge in [0.05, 0.1) is 12.4 Å². The standard InChI is InChI=1S/C6H10F2N2/c1-2-5-3-10(4-9-5)6(7)8/h4-6H,2-3H2,1H3. The molecule has 0 aliphatic carbocycles. The molecule has 0 saturated carbocycles. The molecular weight excluding hydrogens is 138 g/mol. The quantitative estimate of drug-likeness (QED) is 0.539. The van der Waals surface area contributed by atoms with E-state index in [1.165, 1.54) is 6.34 Å². The Kier molecular flexibility index (Phi) is 2.19. The predicted octanol–water partition coefficient (Wildman–Crippen LogP) is 1.33. The summed E-state index contributed by atoms with van der Waals surface area (Å²) in [5, 5.41) is 0. The molecule has 0 fully saturated rings. The molecule has 1 aliphatic heterocycles. The van der Waals surface area contributed by atoms with Gasteiger partial charge >= 0.3 is 6.55 Å². The lowest BCUT2D eigenvalue weighted by atomic mass is 10.2. The summed E-state index contributed by atoms with van der Waals surface area (Å²) in [4.78, 5) is 4.83. The zero-order chi connectivity index (χ0) is 7.56. The highest BCUT2D eigenvalue weighted by Crippen LogP contribution is 2.11. The Bertz CT molecular complexity index is 136. The van der Waals surface area contributed by atoms with Gasteiger partial charge in [0, 0.05) is 6.54 Å². The van der Waals surface area contributed by atoms with Crippen LogP contribution < -0.4 is 0 Å². The molecule has 0 spiro atoms. The summed E-state index contributed by atoms with van der Waals surface area (Å²) >= 11 is 0. The first-order valence-corrected chi connectivity index (χ1v) is 3.31. The summed E-state index contributed by atoms with van der Waals surface area (Å²) in [6.07, 6.45) is 2.07. The average molecular weight is 148 g/mol. The van der Waals surface area contributed by atoms with Crippen molar-refractivity contribution >= 4 is 6.34 Å². The van der Waals surface area contributed by atoms with E-state index in [0.29, 0.717) is 6.54 Å². The van der Waals surface area contributed by atoms with Crippen LogP contribution in [0.3, 0.4) is 0 Å². The van der Waals surface area contributed by atoms with Crippen molar-refractivity contribution < 1.29 is 8.78 Å². The Morgan fingerprint density at radius 3 is 2.80 bits per heavy atom. The van der Waals surface area contributed by atoms with Gasteiger partial charge in [-0.25, -0.2) is 0 Å². The molecular formula is C6H10F2N2.